The van der Waals surface area contributed by atoms with Crippen molar-refractivity contribution in [1.82, 2.24) is 0 Å². The third-order valence-electron chi connectivity index (χ3n) is 4.83. The fraction of sp³-hybridized carbons (Fsp3) is 0.208. The van der Waals surface area contributed by atoms with Crippen LogP contribution in [0.5, 0.6) is 0 Å². The Morgan fingerprint density at radius 1 is 0.654 bits per heavy atom. The first-order valence-electron chi connectivity index (χ1n) is 9.06. The number of carbonyl (C=O) groups is 1. The average molecular weight is 407 g/mol. The van der Waals surface area contributed by atoms with Crippen molar-refractivity contribution in [2.24, 2.45) is 0 Å². The Hall–Kier alpha value is -2.19. The van der Waals surface area contributed by atoms with Crippen molar-refractivity contribution in [3.8, 4) is 0 Å². The summed E-state index contributed by atoms with van der Waals surface area (Å²) in [6, 6.07) is 30.5. The maximum atomic E-state index is 13.7. The molecule has 0 heterocycles. The third-order valence-corrected chi connectivity index (χ3v) is 5.39. The lowest BCUT2D eigenvalue weighted by molar-refractivity contribution is -0.122. The number of alkyl halides is 1. The lowest BCUT2D eigenvalue weighted by atomic mass is 9.65. The summed E-state index contributed by atoms with van der Waals surface area (Å²) in [6.45, 7) is 0. The molecule has 0 atom stereocenters. The van der Waals surface area contributed by atoms with Crippen molar-refractivity contribution in [1.29, 1.82) is 0 Å². The van der Waals surface area contributed by atoms with E-state index >= 15 is 0 Å². The molecule has 26 heavy (non-hydrogen) atoms. The van der Waals surface area contributed by atoms with Gasteiger partial charge in [-0.05, 0) is 29.5 Å². The first-order chi connectivity index (χ1) is 12.8. The molecular weight excluding hydrogens is 384 g/mol. The van der Waals surface area contributed by atoms with E-state index in [1.165, 1.54) is 0 Å². The van der Waals surface area contributed by atoms with Gasteiger partial charge >= 0.3 is 0 Å². The van der Waals surface area contributed by atoms with Crippen LogP contribution in [0.1, 0.15) is 36.0 Å². The Morgan fingerprint density at radius 2 is 1.04 bits per heavy atom. The number of carbonyl (C=O) groups excluding carboxylic acids is 1. The van der Waals surface area contributed by atoms with Crippen molar-refractivity contribution < 1.29 is 4.79 Å². The van der Waals surface area contributed by atoms with E-state index in [9.17, 15) is 4.79 Å². The molecule has 0 fully saturated rings. The summed E-state index contributed by atoms with van der Waals surface area (Å²) < 4.78 is 0. The van der Waals surface area contributed by atoms with E-state index in [2.05, 4.69) is 52.3 Å². The summed E-state index contributed by atoms with van der Waals surface area (Å²) in [5.41, 5.74) is 2.32. The van der Waals surface area contributed by atoms with Crippen LogP contribution in [0.4, 0.5) is 0 Å². The van der Waals surface area contributed by atoms with Gasteiger partial charge < -0.3 is 0 Å². The second kappa shape index (κ2) is 8.95. The topological polar surface area (TPSA) is 17.1 Å². The molecule has 0 saturated carbocycles. The molecule has 3 aromatic rings. The predicted octanol–water partition coefficient (Wildman–Crippen LogP) is 6.16. The molecular formula is C24H23BrO. The highest BCUT2D eigenvalue weighted by atomic mass is 79.9. The van der Waals surface area contributed by atoms with E-state index in [0.29, 0.717) is 6.42 Å². The largest absolute Gasteiger partial charge is 0.298 e. The molecule has 0 aromatic heterocycles. The van der Waals surface area contributed by atoms with Crippen LogP contribution in [0.2, 0.25) is 0 Å². The fourth-order valence-corrected chi connectivity index (χ4v) is 4.01. The van der Waals surface area contributed by atoms with Crippen molar-refractivity contribution in [3.05, 3.63) is 108 Å². The molecule has 3 aromatic carbocycles. The zero-order valence-electron chi connectivity index (χ0n) is 14.8. The first-order valence-corrected chi connectivity index (χ1v) is 10.2. The van der Waals surface area contributed by atoms with Gasteiger partial charge in [0, 0.05) is 11.8 Å². The minimum atomic E-state index is -0.768. The normalized spacial score (nSPS) is 11.3. The van der Waals surface area contributed by atoms with Crippen molar-refractivity contribution in [2.75, 3.05) is 5.33 Å². The van der Waals surface area contributed by atoms with Crippen molar-refractivity contribution >= 4 is 21.7 Å². The second-order valence-electron chi connectivity index (χ2n) is 6.42. The summed E-state index contributed by atoms with van der Waals surface area (Å²) in [5.74, 6) is 0.252. The molecule has 0 saturated heterocycles. The van der Waals surface area contributed by atoms with E-state index in [0.717, 1.165) is 34.9 Å². The van der Waals surface area contributed by atoms with Gasteiger partial charge in [0.15, 0.2) is 5.78 Å². The van der Waals surface area contributed by atoms with Gasteiger partial charge in [-0.3, -0.25) is 4.79 Å². The number of benzene rings is 3. The van der Waals surface area contributed by atoms with E-state index in [1.54, 1.807) is 0 Å². The quantitative estimate of drug-likeness (QED) is 0.249. The number of rotatable bonds is 8. The molecule has 0 aliphatic heterocycles. The van der Waals surface area contributed by atoms with Gasteiger partial charge in [-0.15, -0.1) is 0 Å². The molecule has 0 amide bonds. The van der Waals surface area contributed by atoms with Crippen LogP contribution in [0.15, 0.2) is 91.0 Å². The van der Waals surface area contributed by atoms with Gasteiger partial charge in [-0.2, -0.15) is 0 Å². The molecule has 2 heteroatoms. The molecule has 0 aliphatic rings. The summed E-state index contributed by atoms with van der Waals surface area (Å²) in [4.78, 5) is 13.7. The molecule has 0 bridgehead atoms. The minimum Gasteiger partial charge on any atom is -0.298 e. The Labute approximate surface area is 164 Å². The molecule has 0 N–H and O–H groups in total. The predicted molar refractivity (Wildman–Crippen MR) is 112 cm³/mol. The van der Waals surface area contributed by atoms with Crippen LogP contribution < -0.4 is 0 Å². The monoisotopic (exact) mass is 406 g/mol. The summed E-state index contributed by atoms with van der Waals surface area (Å²) in [5, 5.41) is 0.926. The Kier molecular flexibility index (Phi) is 6.40. The average Bonchev–Trinajstić information content (AvgIpc) is 2.71. The number of hydrogen-bond acceptors (Lipinski definition) is 1. The molecule has 132 valence electrons. The van der Waals surface area contributed by atoms with E-state index in [-0.39, 0.29) is 5.78 Å². The number of halogens is 1. The number of unbranched alkanes of at least 4 members (excludes halogenated alkanes) is 1. The van der Waals surface area contributed by atoms with Crippen molar-refractivity contribution in [3.63, 3.8) is 0 Å². The number of ketones is 1. The van der Waals surface area contributed by atoms with Gasteiger partial charge in [-0.1, -0.05) is 107 Å². The van der Waals surface area contributed by atoms with Gasteiger partial charge in [0.25, 0.3) is 0 Å². The number of Topliss-reactive ketones (excluding diaryl/α,β-unsaturated/α-hetero) is 1. The summed E-state index contributed by atoms with van der Waals surface area (Å²) in [7, 11) is 0. The lowest BCUT2D eigenvalue weighted by Gasteiger charge is -2.34. The highest BCUT2D eigenvalue weighted by Gasteiger charge is 2.42. The van der Waals surface area contributed by atoms with Crippen LogP contribution in [0.3, 0.4) is 0 Å². The van der Waals surface area contributed by atoms with E-state index in [1.807, 2.05) is 54.6 Å². The third kappa shape index (κ3) is 3.66. The number of hydrogen-bond donors (Lipinski definition) is 0. The molecule has 0 unspecified atom stereocenters. The second-order valence-corrected chi connectivity index (χ2v) is 7.21. The molecule has 1 nitrogen and oxygen atoms in total. The van der Waals surface area contributed by atoms with Gasteiger partial charge in [0.1, 0.15) is 5.41 Å². The molecule has 0 radical (unpaired) electrons. The Balaban J connectivity index is 2.23. The SMILES string of the molecule is O=C(CCCCBr)C(c1ccccc1)(c1ccccc1)c1ccccc1. The summed E-state index contributed by atoms with van der Waals surface area (Å²) >= 11 is 3.47. The highest BCUT2D eigenvalue weighted by molar-refractivity contribution is 9.09. The van der Waals surface area contributed by atoms with Crippen LogP contribution >= 0.6 is 15.9 Å². The standard InChI is InChI=1S/C24H23BrO/c25-19-11-10-18-23(26)24(20-12-4-1-5-13-20,21-14-6-2-7-15-21)22-16-8-3-9-17-22/h1-9,12-17H,10-11,18-19H2. The van der Waals surface area contributed by atoms with Gasteiger partial charge in [0.2, 0.25) is 0 Å². The smallest absolute Gasteiger partial charge is 0.152 e. The summed E-state index contributed by atoms with van der Waals surface area (Å²) in [6.07, 6.45) is 2.45. The minimum absolute atomic E-state index is 0.252. The van der Waals surface area contributed by atoms with E-state index in [4.69, 9.17) is 0 Å². The highest BCUT2D eigenvalue weighted by Crippen LogP contribution is 2.41. The van der Waals surface area contributed by atoms with Crippen LogP contribution in [0.25, 0.3) is 0 Å². The first kappa shape index (κ1) is 18.6. The molecule has 0 aliphatic carbocycles. The molecule has 0 spiro atoms. The lowest BCUT2D eigenvalue weighted by Crippen LogP contribution is -2.38. The van der Waals surface area contributed by atoms with Crippen LogP contribution in [0, 0.1) is 0 Å². The van der Waals surface area contributed by atoms with Gasteiger partial charge in [-0.25, -0.2) is 0 Å². The Morgan fingerprint density at radius 3 is 1.38 bits per heavy atom. The maximum Gasteiger partial charge on any atom is 0.152 e. The van der Waals surface area contributed by atoms with Crippen molar-refractivity contribution in [2.45, 2.75) is 24.7 Å². The van der Waals surface area contributed by atoms with E-state index < -0.39 is 5.41 Å². The zero-order valence-corrected chi connectivity index (χ0v) is 16.4. The fourth-order valence-electron chi connectivity index (χ4n) is 3.61. The molecule has 3 rings (SSSR count). The Bertz CT molecular complexity index is 716. The maximum absolute atomic E-state index is 13.7. The van der Waals surface area contributed by atoms with Crippen LogP contribution in [-0.2, 0) is 10.2 Å². The van der Waals surface area contributed by atoms with Gasteiger partial charge in [0.05, 0.1) is 0 Å². The van der Waals surface area contributed by atoms with Crippen LogP contribution in [-0.4, -0.2) is 11.1 Å². The zero-order chi connectivity index (χ0) is 18.2.